The molecule has 0 aromatic rings. The van der Waals surface area contributed by atoms with Gasteiger partial charge in [0.15, 0.2) is 14.1 Å². The molecule has 0 N–H and O–H groups in total. The molecule has 2 nitrogen and oxygen atoms in total. The van der Waals surface area contributed by atoms with Gasteiger partial charge in [-0.05, 0) is 28.5 Å². The van der Waals surface area contributed by atoms with E-state index in [0.29, 0.717) is 36.1 Å². The minimum absolute atomic E-state index is 0.0553. The largest absolute Gasteiger partial charge is 0.416 e. The summed E-state index contributed by atoms with van der Waals surface area (Å²) >= 11 is 6.47. The molecule has 1 rings (SSSR count). The van der Waals surface area contributed by atoms with E-state index in [-0.39, 0.29) is 11.2 Å². The molecule has 0 radical (unpaired) electrons. The fourth-order valence-electron chi connectivity index (χ4n) is 4.40. The van der Waals surface area contributed by atoms with Crippen LogP contribution in [0.5, 0.6) is 0 Å². The number of carbonyl (C=O) groups excluding carboxylic acids is 1. The second-order valence-corrected chi connectivity index (χ2v) is 14.7. The van der Waals surface area contributed by atoms with Gasteiger partial charge in [-0.1, -0.05) is 67.0 Å². The molecular weight excluding hydrogens is 324 g/mol. The fraction of sp³-hybridized carbons (Fsp3) is 0.842. The van der Waals surface area contributed by atoms with Crippen molar-refractivity contribution in [3.05, 3.63) is 10.6 Å². The Morgan fingerprint density at radius 3 is 1.91 bits per heavy atom. The first-order chi connectivity index (χ1) is 10.4. The van der Waals surface area contributed by atoms with Gasteiger partial charge in [-0.2, -0.15) is 0 Å². The molecule has 1 aliphatic carbocycles. The van der Waals surface area contributed by atoms with E-state index in [1.807, 2.05) is 0 Å². The van der Waals surface area contributed by atoms with Crippen LogP contribution >= 0.6 is 11.6 Å². The second kappa shape index (κ2) is 7.84. The molecule has 0 aliphatic heterocycles. The van der Waals surface area contributed by atoms with E-state index in [9.17, 15) is 4.79 Å². The third-order valence-electron chi connectivity index (χ3n) is 5.34. The van der Waals surface area contributed by atoms with E-state index < -0.39 is 8.32 Å². The van der Waals surface area contributed by atoms with Crippen molar-refractivity contribution in [2.75, 3.05) is 6.61 Å². The zero-order valence-electron chi connectivity index (χ0n) is 16.3. The smallest absolute Gasteiger partial charge is 0.200 e. The molecule has 0 heterocycles. The molecule has 134 valence electrons. The van der Waals surface area contributed by atoms with Gasteiger partial charge in [0, 0.05) is 30.1 Å². The summed E-state index contributed by atoms with van der Waals surface area (Å²) in [4.78, 5) is 12.1. The van der Waals surface area contributed by atoms with Crippen LogP contribution < -0.4 is 0 Å². The summed E-state index contributed by atoms with van der Waals surface area (Å²) in [5, 5.41) is 0.722. The van der Waals surface area contributed by atoms with Crippen LogP contribution in [0.2, 0.25) is 16.6 Å². The number of ketones is 1. The van der Waals surface area contributed by atoms with E-state index in [1.165, 1.54) is 0 Å². The van der Waals surface area contributed by atoms with Crippen LogP contribution in [-0.4, -0.2) is 20.7 Å². The third kappa shape index (κ3) is 4.70. The van der Waals surface area contributed by atoms with Crippen molar-refractivity contribution in [1.29, 1.82) is 0 Å². The zero-order valence-corrected chi connectivity index (χ0v) is 18.0. The maximum Gasteiger partial charge on any atom is 0.200 e. The molecule has 0 spiro atoms. The molecule has 23 heavy (non-hydrogen) atoms. The topological polar surface area (TPSA) is 26.3 Å². The SMILES string of the molecule is CC(C)[Si](OCC/C(Cl)=C1/CC(C)(C)CC1=O)(C(C)C)C(C)C. The molecule has 0 aromatic carbocycles. The monoisotopic (exact) mass is 358 g/mol. The Balaban J connectivity index is 2.80. The van der Waals surface area contributed by atoms with Gasteiger partial charge < -0.3 is 4.43 Å². The van der Waals surface area contributed by atoms with Crippen LogP contribution in [-0.2, 0) is 9.22 Å². The molecule has 1 saturated carbocycles. The third-order valence-corrected chi connectivity index (χ3v) is 11.9. The van der Waals surface area contributed by atoms with Gasteiger partial charge in [0.1, 0.15) is 0 Å². The van der Waals surface area contributed by atoms with E-state index in [2.05, 4.69) is 55.4 Å². The molecule has 0 atom stereocenters. The van der Waals surface area contributed by atoms with Gasteiger partial charge in [0.2, 0.25) is 0 Å². The number of halogens is 1. The standard InChI is InChI=1S/C19H35ClO2Si/c1-13(2)23(14(3)4,15(5)6)22-10-9-17(20)16-11-19(7,8)12-18(16)21/h13-15H,9-12H2,1-8H3/b17-16+. The highest BCUT2D eigenvalue weighted by Gasteiger charge is 2.45. The number of hydrogen-bond donors (Lipinski definition) is 0. The van der Waals surface area contributed by atoms with Gasteiger partial charge in [-0.3, -0.25) is 4.79 Å². The van der Waals surface area contributed by atoms with Crippen LogP contribution in [0.15, 0.2) is 10.6 Å². The Hall–Kier alpha value is -0.123. The number of rotatable bonds is 7. The van der Waals surface area contributed by atoms with Gasteiger partial charge >= 0.3 is 0 Å². The second-order valence-electron chi connectivity index (χ2n) is 8.74. The van der Waals surface area contributed by atoms with Gasteiger partial charge in [-0.15, -0.1) is 0 Å². The lowest BCUT2D eigenvalue weighted by Gasteiger charge is -2.42. The summed E-state index contributed by atoms with van der Waals surface area (Å²) < 4.78 is 6.54. The van der Waals surface area contributed by atoms with Gasteiger partial charge in [0.25, 0.3) is 0 Å². The van der Waals surface area contributed by atoms with Crippen LogP contribution in [0.1, 0.15) is 74.7 Å². The number of carbonyl (C=O) groups is 1. The lowest BCUT2D eigenvalue weighted by atomic mass is 9.91. The average Bonchev–Trinajstić information content (AvgIpc) is 2.66. The summed E-state index contributed by atoms with van der Waals surface area (Å²) in [6.07, 6.45) is 2.08. The van der Waals surface area contributed by atoms with Crippen molar-refractivity contribution in [3.8, 4) is 0 Å². The number of hydrogen-bond acceptors (Lipinski definition) is 2. The van der Waals surface area contributed by atoms with Crippen LogP contribution in [0.25, 0.3) is 0 Å². The highest BCUT2D eigenvalue weighted by Crippen LogP contribution is 2.43. The normalized spacial score (nSPS) is 21.0. The molecule has 1 fully saturated rings. The number of Topliss-reactive ketones (excluding diaryl/α,β-unsaturated/α-hetero) is 1. The van der Waals surface area contributed by atoms with Crippen LogP contribution in [0.4, 0.5) is 0 Å². The van der Waals surface area contributed by atoms with Crippen molar-refractivity contribution in [2.24, 2.45) is 5.41 Å². The molecular formula is C19H35ClO2Si. The highest BCUT2D eigenvalue weighted by atomic mass is 35.5. The van der Waals surface area contributed by atoms with Crippen molar-refractivity contribution in [1.82, 2.24) is 0 Å². The van der Waals surface area contributed by atoms with Crippen molar-refractivity contribution < 1.29 is 9.22 Å². The highest BCUT2D eigenvalue weighted by molar-refractivity contribution is 6.77. The Morgan fingerprint density at radius 2 is 1.57 bits per heavy atom. The van der Waals surface area contributed by atoms with Crippen LogP contribution in [0.3, 0.4) is 0 Å². The zero-order chi connectivity index (χ0) is 18.0. The van der Waals surface area contributed by atoms with Crippen molar-refractivity contribution in [2.45, 2.75) is 91.3 Å². The number of allylic oxidation sites excluding steroid dienone is 1. The predicted octanol–water partition coefficient (Wildman–Crippen LogP) is 6.45. The average molecular weight is 359 g/mol. The maximum atomic E-state index is 12.1. The Morgan fingerprint density at radius 1 is 1.09 bits per heavy atom. The van der Waals surface area contributed by atoms with Crippen molar-refractivity contribution >= 4 is 25.7 Å². The summed E-state index contributed by atoms with van der Waals surface area (Å²) in [7, 11) is -1.85. The Bertz CT molecular complexity index is 442. The first-order valence-electron chi connectivity index (χ1n) is 8.98. The lowest BCUT2D eigenvalue weighted by Crippen LogP contribution is -2.48. The first kappa shape index (κ1) is 20.9. The maximum absolute atomic E-state index is 12.1. The van der Waals surface area contributed by atoms with Gasteiger partial charge in [0.05, 0.1) is 0 Å². The van der Waals surface area contributed by atoms with Crippen LogP contribution in [0, 0.1) is 5.41 Å². The Kier molecular flexibility index (Phi) is 7.13. The van der Waals surface area contributed by atoms with E-state index in [0.717, 1.165) is 17.0 Å². The molecule has 1 aliphatic rings. The van der Waals surface area contributed by atoms with Gasteiger partial charge in [-0.25, -0.2) is 0 Å². The summed E-state index contributed by atoms with van der Waals surface area (Å²) in [6, 6.07) is 0. The quantitative estimate of drug-likeness (QED) is 0.386. The summed E-state index contributed by atoms with van der Waals surface area (Å²) in [5.41, 5.74) is 2.61. The van der Waals surface area contributed by atoms with E-state index >= 15 is 0 Å². The summed E-state index contributed by atoms with van der Waals surface area (Å²) in [5.74, 6) is 0.222. The van der Waals surface area contributed by atoms with E-state index in [1.54, 1.807) is 0 Å². The molecule has 0 aromatic heterocycles. The molecule has 4 heteroatoms. The minimum Gasteiger partial charge on any atom is -0.416 e. The fourth-order valence-corrected chi connectivity index (χ4v) is 10.1. The lowest BCUT2D eigenvalue weighted by molar-refractivity contribution is -0.115. The van der Waals surface area contributed by atoms with E-state index in [4.69, 9.17) is 16.0 Å². The molecule has 0 unspecified atom stereocenters. The summed E-state index contributed by atoms with van der Waals surface area (Å²) in [6.45, 7) is 18.6. The molecule has 0 amide bonds. The Labute approximate surface area is 149 Å². The molecule has 0 saturated heterocycles. The first-order valence-corrected chi connectivity index (χ1v) is 11.5. The van der Waals surface area contributed by atoms with Crippen molar-refractivity contribution in [3.63, 3.8) is 0 Å². The molecule has 0 bridgehead atoms. The minimum atomic E-state index is -1.85. The predicted molar refractivity (Wildman–Crippen MR) is 103 cm³/mol.